The molecule has 16 heavy (non-hydrogen) atoms. The van der Waals surface area contributed by atoms with Gasteiger partial charge < -0.3 is 14.6 Å². The summed E-state index contributed by atoms with van der Waals surface area (Å²) < 4.78 is 10.6. The van der Waals surface area contributed by atoms with Crippen LogP contribution in [0.1, 0.15) is 11.1 Å². The highest BCUT2D eigenvalue weighted by Gasteiger charge is 2.19. The summed E-state index contributed by atoms with van der Waals surface area (Å²) in [6.45, 7) is 1.74. The van der Waals surface area contributed by atoms with Crippen molar-refractivity contribution in [2.75, 3.05) is 13.2 Å². The molecule has 1 aliphatic heterocycles. The molecule has 1 saturated heterocycles. The van der Waals surface area contributed by atoms with Crippen LogP contribution in [0.25, 0.3) is 0 Å². The van der Waals surface area contributed by atoms with E-state index >= 15 is 0 Å². The topological polar surface area (TPSA) is 55.8 Å². The minimum atomic E-state index is -0.820. The molecule has 1 heterocycles. The van der Waals surface area contributed by atoms with Gasteiger partial charge >= 0.3 is 5.97 Å². The van der Waals surface area contributed by atoms with Crippen LogP contribution in [0.2, 0.25) is 0 Å². The molecule has 0 aliphatic carbocycles. The van der Waals surface area contributed by atoms with Gasteiger partial charge in [-0.1, -0.05) is 24.3 Å². The molecule has 0 bridgehead atoms. The van der Waals surface area contributed by atoms with Gasteiger partial charge in [0.2, 0.25) is 0 Å². The lowest BCUT2D eigenvalue weighted by Crippen LogP contribution is -2.35. The molecular weight excluding hydrogens is 208 g/mol. The number of hydrogen-bond acceptors (Lipinski definition) is 3. The molecule has 4 nitrogen and oxygen atoms in total. The van der Waals surface area contributed by atoms with Crippen LogP contribution in [0.5, 0.6) is 0 Å². The van der Waals surface area contributed by atoms with E-state index in [9.17, 15) is 4.79 Å². The van der Waals surface area contributed by atoms with Crippen molar-refractivity contribution in [3.05, 3.63) is 35.4 Å². The van der Waals surface area contributed by atoms with E-state index in [4.69, 9.17) is 14.6 Å². The standard InChI is InChI=1S/C12H14O4/c13-12(14)5-9-3-1-2-4-10(9)6-16-11-7-15-8-11/h1-4,11H,5-8H2,(H,13,14). The maximum Gasteiger partial charge on any atom is 0.307 e. The van der Waals surface area contributed by atoms with Gasteiger partial charge in [0, 0.05) is 0 Å². The quantitative estimate of drug-likeness (QED) is 0.814. The minimum Gasteiger partial charge on any atom is -0.481 e. The number of hydrogen-bond donors (Lipinski definition) is 1. The van der Waals surface area contributed by atoms with E-state index in [0.717, 1.165) is 11.1 Å². The molecule has 0 radical (unpaired) electrons. The van der Waals surface area contributed by atoms with E-state index in [0.29, 0.717) is 19.8 Å². The predicted molar refractivity (Wildman–Crippen MR) is 57.2 cm³/mol. The molecule has 1 aliphatic rings. The monoisotopic (exact) mass is 222 g/mol. The Bertz CT molecular complexity index is 371. The Labute approximate surface area is 93.8 Å². The zero-order valence-electron chi connectivity index (χ0n) is 8.89. The molecule has 1 N–H and O–H groups in total. The van der Waals surface area contributed by atoms with Crippen LogP contribution in [-0.4, -0.2) is 30.4 Å². The van der Waals surface area contributed by atoms with Crippen LogP contribution in [0.15, 0.2) is 24.3 Å². The Hall–Kier alpha value is -1.39. The molecule has 1 aromatic carbocycles. The average Bonchev–Trinajstić information content (AvgIpc) is 2.17. The molecule has 0 saturated carbocycles. The van der Waals surface area contributed by atoms with Crippen molar-refractivity contribution in [2.24, 2.45) is 0 Å². The van der Waals surface area contributed by atoms with Crippen LogP contribution >= 0.6 is 0 Å². The first-order valence-corrected chi connectivity index (χ1v) is 5.23. The third-order valence-corrected chi connectivity index (χ3v) is 2.54. The summed E-state index contributed by atoms with van der Waals surface area (Å²) >= 11 is 0. The summed E-state index contributed by atoms with van der Waals surface area (Å²) in [4.78, 5) is 10.7. The zero-order chi connectivity index (χ0) is 11.4. The van der Waals surface area contributed by atoms with E-state index in [1.165, 1.54) is 0 Å². The number of carbonyl (C=O) groups is 1. The second-order valence-electron chi connectivity index (χ2n) is 3.81. The molecule has 0 spiro atoms. The van der Waals surface area contributed by atoms with Gasteiger partial charge in [0.1, 0.15) is 6.10 Å². The smallest absolute Gasteiger partial charge is 0.307 e. The highest BCUT2D eigenvalue weighted by Crippen LogP contribution is 2.14. The fourth-order valence-corrected chi connectivity index (χ4v) is 1.55. The number of aliphatic carboxylic acids is 1. The lowest BCUT2D eigenvalue weighted by atomic mass is 10.1. The maximum atomic E-state index is 10.7. The molecule has 0 atom stereocenters. The van der Waals surface area contributed by atoms with E-state index in [2.05, 4.69) is 0 Å². The Balaban J connectivity index is 1.97. The van der Waals surface area contributed by atoms with Gasteiger partial charge in [-0.2, -0.15) is 0 Å². The highest BCUT2D eigenvalue weighted by atomic mass is 16.6. The molecule has 0 unspecified atom stereocenters. The third kappa shape index (κ3) is 2.81. The molecule has 1 fully saturated rings. The summed E-state index contributed by atoms with van der Waals surface area (Å²) in [5.41, 5.74) is 1.76. The van der Waals surface area contributed by atoms with Crippen molar-refractivity contribution in [1.29, 1.82) is 0 Å². The van der Waals surface area contributed by atoms with Gasteiger partial charge in [0.25, 0.3) is 0 Å². The van der Waals surface area contributed by atoms with Crippen molar-refractivity contribution in [3.63, 3.8) is 0 Å². The van der Waals surface area contributed by atoms with Gasteiger partial charge in [-0.25, -0.2) is 0 Å². The lowest BCUT2D eigenvalue weighted by molar-refractivity contribution is -0.137. The van der Waals surface area contributed by atoms with Crippen molar-refractivity contribution in [1.82, 2.24) is 0 Å². The van der Waals surface area contributed by atoms with E-state index in [1.807, 2.05) is 24.3 Å². The molecular formula is C12H14O4. The average molecular weight is 222 g/mol. The van der Waals surface area contributed by atoms with Crippen molar-refractivity contribution in [2.45, 2.75) is 19.1 Å². The summed E-state index contributed by atoms with van der Waals surface area (Å²) in [5.74, 6) is -0.820. The minimum absolute atomic E-state index is 0.0424. The Kier molecular flexibility index (Phi) is 3.54. The number of carboxylic acid groups (broad SMARTS) is 1. The van der Waals surface area contributed by atoms with E-state index in [1.54, 1.807) is 0 Å². The molecule has 1 aromatic rings. The Morgan fingerprint density at radius 2 is 2.06 bits per heavy atom. The van der Waals surface area contributed by atoms with Crippen LogP contribution in [0.4, 0.5) is 0 Å². The normalized spacial score (nSPS) is 15.8. The van der Waals surface area contributed by atoms with Crippen LogP contribution in [-0.2, 0) is 27.3 Å². The second kappa shape index (κ2) is 5.09. The lowest BCUT2D eigenvalue weighted by Gasteiger charge is -2.26. The van der Waals surface area contributed by atoms with Gasteiger partial charge in [0.05, 0.1) is 26.2 Å². The summed E-state index contributed by atoms with van der Waals surface area (Å²) in [6, 6.07) is 7.46. The van der Waals surface area contributed by atoms with Gasteiger partial charge in [0.15, 0.2) is 0 Å². The Morgan fingerprint density at radius 1 is 1.38 bits per heavy atom. The number of carboxylic acids is 1. The molecule has 0 aromatic heterocycles. The first kappa shape index (κ1) is 11.1. The SMILES string of the molecule is O=C(O)Cc1ccccc1COC1COC1. The summed E-state index contributed by atoms with van der Waals surface area (Å²) in [7, 11) is 0. The first-order valence-electron chi connectivity index (χ1n) is 5.23. The fourth-order valence-electron chi connectivity index (χ4n) is 1.55. The van der Waals surface area contributed by atoms with Crippen LogP contribution < -0.4 is 0 Å². The highest BCUT2D eigenvalue weighted by molar-refractivity contribution is 5.70. The van der Waals surface area contributed by atoms with Gasteiger partial charge in [-0.05, 0) is 11.1 Å². The van der Waals surface area contributed by atoms with Gasteiger partial charge in [-0.15, -0.1) is 0 Å². The van der Waals surface area contributed by atoms with Crippen molar-refractivity contribution >= 4 is 5.97 Å². The van der Waals surface area contributed by atoms with Crippen LogP contribution in [0.3, 0.4) is 0 Å². The number of rotatable bonds is 5. The molecule has 0 amide bonds. The van der Waals surface area contributed by atoms with E-state index in [-0.39, 0.29) is 12.5 Å². The Morgan fingerprint density at radius 3 is 2.62 bits per heavy atom. The third-order valence-electron chi connectivity index (χ3n) is 2.54. The van der Waals surface area contributed by atoms with Crippen LogP contribution in [0, 0.1) is 0 Å². The van der Waals surface area contributed by atoms with Crippen molar-refractivity contribution < 1.29 is 19.4 Å². The van der Waals surface area contributed by atoms with Gasteiger partial charge in [-0.3, -0.25) is 4.79 Å². The van der Waals surface area contributed by atoms with E-state index < -0.39 is 5.97 Å². The van der Waals surface area contributed by atoms with Crippen molar-refractivity contribution in [3.8, 4) is 0 Å². The zero-order valence-corrected chi connectivity index (χ0v) is 8.89. The second-order valence-corrected chi connectivity index (χ2v) is 3.81. The number of ether oxygens (including phenoxy) is 2. The molecule has 4 heteroatoms. The largest absolute Gasteiger partial charge is 0.481 e. The number of benzene rings is 1. The summed E-state index contributed by atoms with van der Waals surface area (Å²) in [6.07, 6.45) is 0.207. The fraction of sp³-hybridized carbons (Fsp3) is 0.417. The molecule has 2 rings (SSSR count). The maximum absolute atomic E-state index is 10.7. The summed E-state index contributed by atoms with van der Waals surface area (Å²) in [5, 5.41) is 8.77. The molecule has 86 valence electrons. The predicted octanol–water partition coefficient (Wildman–Crippen LogP) is 1.23. The first-order chi connectivity index (χ1) is 7.75.